The lowest BCUT2D eigenvalue weighted by molar-refractivity contribution is 0.0695. The molecule has 1 N–H and O–H groups in total. The van der Waals surface area contributed by atoms with Gasteiger partial charge in [-0.25, -0.2) is 4.79 Å². The molecule has 2 heterocycles. The van der Waals surface area contributed by atoms with Gasteiger partial charge in [-0.3, -0.25) is 4.98 Å². The molecule has 0 atom stereocenters. The molecule has 4 nitrogen and oxygen atoms in total. The average molecular weight is 396 g/mol. The minimum atomic E-state index is -0.901. The number of aromatic nitrogens is 2. The molecule has 0 amide bonds. The quantitative estimate of drug-likeness (QED) is 0.442. The molecule has 2 aromatic heterocycles. The first-order valence-electron chi connectivity index (χ1n) is 10.5. The summed E-state index contributed by atoms with van der Waals surface area (Å²) in [4.78, 5) is 16.5. The lowest BCUT2D eigenvalue weighted by Crippen LogP contribution is -2.07. The van der Waals surface area contributed by atoms with Gasteiger partial charge in [0, 0.05) is 36.3 Å². The van der Waals surface area contributed by atoms with E-state index in [1.54, 1.807) is 0 Å². The van der Waals surface area contributed by atoms with Crippen molar-refractivity contribution in [2.45, 2.75) is 38.6 Å². The van der Waals surface area contributed by atoms with Crippen molar-refractivity contribution >= 4 is 16.9 Å². The van der Waals surface area contributed by atoms with E-state index in [4.69, 9.17) is 0 Å². The molecule has 1 aliphatic carbocycles. The third kappa shape index (κ3) is 3.39. The van der Waals surface area contributed by atoms with E-state index in [1.165, 1.54) is 16.5 Å². The highest BCUT2D eigenvalue weighted by Crippen LogP contribution is 2.40. The van der Waals surface area contributed by atoms with Gasteiger partial charge in [-0.15, -0.1) is 0 Å². The van der Waals surface area contributed by atoms with E-state index in [9.17, 15) is 9.90 Å². The lowest BCUT2D eigenvalue weighted by atomic mass is 9.96. The SMILES string of the molecule is CCn1ccc2cc(Cc3ncc(C4CC4)cc3C(=O)O)cc(-c3ccccc3)c21. The van der Waals surface area contributed by atoms with Crippen LogP contribution in [-0.2, 0) is 13.0 Å². The van der Waals surface area contributed by atoms with Crippen molar-refractivity contribution < 1.29 is 9.90 Å². The molecule has 0 spiro atoms. The van der Waals surface area contributed by atoms with Gasteiger partial charge in [-0.05, 0) is 66.6 Å². The van der Waals surface area contributed by atoms with Crippen LogP contribution in [0.2, 0.25) is 0 Å². The number of hydrogen-bond donors (Lipinski definition) is 1. The summed E-state index contributed by atoms with van der Waals surface area (Å²) in [5.41, 5.74) is 6.62. The maximum atomic E-state index is 11.9. The third-order valence-corrected chi connectivity index (χ3v) is 5.99. The average Bonchev–Trinajstić information content (AvgIpc) is 3.53. The molecule has 5 rings (SSSR count). The van der Waals surface area contributed by atoms with Crippen LogP contribution in [0.1, 0.15) is 52.9 Å². The van der Waals surface area contributed by atoms with Crippen molar-refractivity contribution in [3.8, 4) is 11.1 Å². The van der Waals surface area contributed by atoms with Crippen LogP contribution in [0, 0.1) is 0 Å². The molecule has 0 saturated heterocycles. The predicted molar refractivity (Wildman–Crippen MR) is 119 cm³/mol. The van der Waals surface area contributed by atoms with Crippen molar-refractivity contribution in [1.82, 2.24) is 9.55 Å². The minimum Gasteiger partial charge on any atom is -0.478 e. The third-order valence-electron chi connectivity index (χ3n) is 5.99. The van der Waals surface area contributed by atoms with Crippen molar-refractivity contribution in [2.75, 3.05) is 0 Å². The van der Waals surface area contributed by atoms with Crippen molar-refractivity contribution in [3.05, 3.63) is 89.4 Å². The molecule has 4 aromatic rings. The first kappa shape index (κ1) is 18.6. The maximum absolute atomic E-state index is 11.9. The van der Waals surface area contributed by atoms with Crippen LogP contribution in [0.25, 0.3) is 22.0 Å². The maximum Gasteiger partial charge on any atom is 0.337 e. The van der Waals surface area contributed by atoms with Crippen LogP contribution in [0.3, 0.4) is 0 Å². The molecule has 0 radical (unpaired) electrons. The Bertz CT molecular complexity index is 1240. The van der Waals surface area contributed by atoms with Gasteiger partial charge < -0.3 is 9.67 Å². The van der Waals surface area contributed by atoms with Crippen molar-refractivity contribution in [3.63, 3.8) is 0 Å². The van der Waals surface area contributed by atoms with E-state index in [0.717, 1.165) is 36.1 Å². The number of aromatic carboxylic acids is 1. The summed E-state index contributed by atoms with van der Waals surface area (Å²) in [7, 11) is 0. The molecule has 0 aliphatic heterocycles. The second kappa shape index (κ2) is 7.45. The number of hydrogen-bond acceptors (Lipinski definition) is 2. The van der Waals surface area contributed by atoms with E-state index in [2.05, 4.69) is 53.0 Å². The van der Waals surface area contributed by atoms with Crippen LogP contribution in [-0.4, -0.2) is 20.6 Å². The van der Waals surface area contributed by atoms with Gasteiger partial charge in [0.2, 0.25) is 0 Å². The summed E-state index contributed by atoms with van der Waals surface area (Å²) in [6, 6.07) is 18.7. The fourth-order valence-corrected chi connectivity index (χ4v) is 4.28. The first-order valence-corrected chi connectivity index (χ1v) is 10.5. The number of carboxylic acid groups (broad SMARTS) is 1. The number of carbonyl (C=O) groups is 1. The highest BCUT2D eigenvalue weighted by atomic mass is 16.4. The number of nitrogens with zero attached hydrogens (tertiary/aromatic N) is 2. The van der Waals surface area contributed by atoms with Crippen LogP contribution in [0.5, 0.6) is 0 Å². The minimum absolute atomic E-state index is 0.326. The predicted octanol–water partition coefficient (Wildman–Crippen LogP) is 5.89. The van der Waals surface area contributed by atoms with Crippen molar-refractivity contribution in [2.24, 2.45) is 0 Å². The number of benzene rings is 2. The monoisotopic (exact) mass is 396 g/mol. The smallest absolute Gasteiger partial charge is 0.337 e. The van der Waals surface area contributed by atoms with E-state index >= 15 is 0 Å². The molecule has 150 valence electrons. The Hall–Kier alpha value is -3.40. The van der Waals surface area contributed by atoms with Gasteiger partial charge in [0.05, 0.1) is 16.8 Å². The number of rotatable bonds is 6. The second-order valence-electron chi connectivity index (χ2n) is 8.07. The van der Waals surface area contributed by atoms with E-state index in [-0.39, 0.29) is 0 Å². The van der Waals surface area contributed by atoms with Crippen molar-refractivity contribution in [1.29, 1.82) is 0 Å². The lowest BCUT2D eigenvalue weighted by Gasteiger charge is -2.13. The molecule has 1 aliphatic rings. The Kier molecular flexibility index (Phi) is 4.62. The summed E-state index contributed by atoms with van der Waals surface area (Å²) < 4.78 is 2.26. The largest absolute Gasteiger partial charge is 0.478 e. The Morgan fingerprint density at radius 3 is 2.63 bits per heavy atom. The van der Waals surface area contributed by atoms with Gasteiger partial charge in [-0.2, -0.15) is 0 Å². The molecule has 1 saturated carbocycles. The van der Waals surface area contributed by atoms with Gasteiger partial charge >= 0.3 is 5.97 Å². The summed E-state index contributed by atoms with van der Waals surface area (Å²) in [6.07, 6.45) is 6.74. The number of pyridine rings is 1. The van der Waals surface area contributed by atoms with E-state index in [1.807, 2.05) is 30.5 Å². The van der Waals surface area contributed by atoms with E-state index < -0.39 is 5.97 Å². The summed E-state index contributed by atoms with van der Waals surface area (Å²) in [5, 5.41) is 10.9. The van der Waals surface area contributed by atoms with Crippen LogP contribution < -0.4 is 0 Å². The molecular formula is C26H24N2O2. The van der Waals surface area contributed by atoms with Gasteiger partial charge in [0.15, 0.2) is 0 Å². The number of fused-ring (bicyclic) bond motifs is 1. The summed E-state index contributed by atoms with van der Waals surface area (Å²) >= 11 is 0. The number of aryl methyl sites for hydroxylation is 1. The fraction of sp³-hybridized carbons (Fsp3) is 0.231. The second-order valence-corrected chi connectivity index (χ2v) is 8.07. The zero-order valence-electron chi connectivity index (χ0n) is 17.0. The molecule has 0 bridgehead atoms. The Balaban J connectivity index is 1.61. The zero-order valence-corrected chi connectivity index (χ0v) is 17.0. The molecule has 1 fully saturated rings. The van der Waals surface area contributed by atoms with Crippen LogP contribution in [0.15, 0.2) is 67.0 Å². The molecule has 2 aromatic carbocycles. The highest BCUT2D eigenvalue weighted by molar-refractivity contribution is 5.95. The fourth-order valence-electron chi connectivity index (χ4n) is 4.28. The van der Waals surface area contributed by atoms with Crippen LogP contribution in [0.4, 0.5) is 0 Å². The Morgan fingerprint density at radius 1 is 1.13 bits per heavy atom. The normalized spacial score (nSPS) is 13.6. The Morgan fingerprint density at radius 2 is 1.93 bits per heavy atom. The van der Waals surface area contributed by atoms with E-state index in [0.29, 0.717) is 23.6 Å². The summed E-state index contributed by atoms with van der Waals surface area (Å²) in [5.74, 6) is -0.416. The highest BCUT2D eigenvalue weighted by Gasteiger charge is 2.26. The first-order chi connectivity index (χ1) is 14.6. The van der Waals surface area contributed by atoms with Gasteiger partial charge in [0.1, 0.15) is 0 Å². The Labute approximate surface area is 175 Å². The van der Waals surface area contributed by atoms with Crippen LogP contribution >= 0.6 is 0 Å². The number of carboxylic acids is 1. The molecule has 30 heavy (non-hydrogen) atoms. The molecular weight excluding hydrogens is 372 g/mol. The van der Waals surface area contributed by atoms with Gasteiger partial charge in [-0.1, -0.05) is 30.3 Å². The zero-order chi connectivity index (χ0) is 20.7. The molecule has 4 heteroatoms. The standard InChI is InChI=1S/C26H24N2O2/c1-2-28-11-10-20-12-17(13-22(25(20)28)19-6-4-3-5-7-19)14-24-23(26(29)30)15-21(16-27-24)18-8-9-18/h3-7,10-13,15-16,18H,2,8-9,14H2,1H3,(H,29,30). The van der Waals surface area contributed by atoms with Gasteiger partial charge in [0.25, 0.3) is 0 Å². The molecule has 0 unspecified atom stereocenters. The topological polar surface area (TPSA) is 55.1 Å². The summed E-state index contributed by atoms with van der Waals surface area (Å²) in [6.45, 7) is 3.04.